The van der Waals surface area contributed by atoms with E-state index in [-0.39, 0.29) is 12.2 Å². The maximum Gasteiger partial charge on any atom is 0.310 e. The minimum atomic E-state index is -3.45. The molecule has 7 nitrogen and oxygen atoms in total. The van der Waals surface area contributed by atoms with E-state index in [1.165, 1.54) is 23.4 Å². The highest BCUT2D eigenvalue weighted by molar-refractivity contribution is 7.92. The Morgan fingerprint density at radius 1 is 1.17 bits per heavy atom. The van der Waals surface area contributed by atoms with Gasteiger partial charge in [-0.05, 0) is 35.9 Å². The summed E-state index contributed by atoms with van der Waals surface area (Å²) in [4.78, 5) is 12.9. The molecule has 1 aromatic heterocycles. The van der Waals surface area contributed by atoms with Crippen molar-refractivity contribution in [1.29, 1.82) is 0 Å². The Bertz CT molecular complexity index is 1220. The third-order valence-corrected chi connectivity index (χ3v) is 5.22. The van der Waals surface area contributed by atoms with Gasteiger partial charge in [-0.15, -0.1) is 0 Å². The molecule has 1 aliphatic rings. The number of furan rings is 1. The van der Waals surface area contributed by atoms with Crippen molar-refractivity contribution in [2.45, 2.75) is 12.5 Å². The number of hydrogen-bond acceptors (Lipinski definition) is 5. The second kappa shape index (κ2) is 7.75. The molecule has 0 unspecified atom stereocenters. The van der Waals surface area contributed by atoms with Crippen LogP contribution in [-0.2, 0) is 10.0 Å². The molecule has 0 bridgehead atoms. The van der Waals surface area contributed by atoms with Crippen LogP contribution >= 0.6 is 0 Å². The lowest BCUT2D eigenvalue weighted by Gasteiger charge is -2.21. The lowest BCUT2D eigenvalue weighted by Crippen LogP contribution is -2.27. The summed E-state index contributed by atoms with van der Waals surface area (Å²) in [5.41, 5.74) is 1.86. The Morgan fingerprint density at radius 2 is 1.97 bits per heavy atom. The van der Waals surface area contributed by atoms with Gasteiger partial charge in [0.05, 0.1) is 24.3 Å². The molecule has 0 radical (unpaired) electrons. The first-order valence-electron chi connectivity index (χ1n) is 9.09. The summed E-state index contributed by atoms with van der Waals surface area (Å²) in [5.74, 6) is -0.841. The minimum Gasteiger partial charge on any atom is -0.459 e. The van der Waals surface area contributed by atoms with Crippen molar-refractivity contribution in [3.8, 4) is 0 Å². The summed E-state index contributed by atoms with van der Waals surface area (Å²) in [6.45, 7) is 0. The summed E-state index contributed by atoms with van der Waals surface area (Å²) < 4.78 is 45.2. The van der Waals surface area contributed by atoms with Crippen molar-refractivity contribution in [3.63, 3.8) is 0 Å². The van der Waals surface area contributed by atoms with Crippen LogP contribution in [0.15, 0.2) is 76.4 Å². The van der Waals surface area contributed by atoms with E-state index < -0.39 is 27.8 Å². The van der Waals surface area contributed by atoms with Gasteiger partial charge in [0.1, 0.15) is 5.82 Å². The first-order valence-corrected chi connectivity index (χ1v) is 11.0. The monoisotopic (exact) mass is 427 g/mol. The molecule has 2 aromatic carbocycles. The quantitative estimate of drug-likeness (QED) is 0.671. The van der Waals surface area contributed by atoms with Gasteiger partial charge in [0.25, 0.3) is 0 Å². The largest absolute Gasteiger partial charge is 0.459 e. The van der Waals surface area contributed by atoms with Gasteiger partial charge in [-0.3, -0.25) is 9.52 Å². The van der Waals surface area contributed by atoms with E-state index in [0.717, 1.165) is 6.26 Å². The van der Waals surface area contributed by atoms with E-state index in [4.69, 9.17) is 4.42 Å². The maximum atomic E-state index is 14.5. The van der Waals surface area contributed by atoms with Gasteiger partial charge >= 0.3 is 5.91 Å². The zero-order valence-corrected chi connectivity index (χ0v) is 16.8. The van der Waals surface area contributed by atoms with Crippen molar-refractivity contribution in [2.24, 2.45) is 5.10 Å². The SMILES string of the molecule is CS(=O)(=O)Nc1cccc(C2=NN(C(=O)c3ccco3)[C@H](c3ccccc3F)C2)c1. The van der Waals surface area contributed by atoms with Crippen LogP contribution in [0.2, 0.25) is 0 Å². The number of carbonyl (C=O) groups excluding carboxylic acids is 1. The number of benzene rings is 2. The van der Waals surface area contributed by atoms with E-state index in [2.05, 4.69) is 9.82 Å². The van der Waals surface area contributed by atoms with Crippen LogP contribution in [0, 0.1) is 5.82 Å². The molecule has 30 heavy (non-hydrogen) atoms. The molecule has 4 rings (SSSR count). The van der Waals surface area contributed by atoms with Crippen molar-refractivity contribution in [1.82, 2.24) is 5.01 Å². The van der Waals surface area contributed by atoms with Crippen LogP contribution in [0.25, 0.3) is 0 Å². The van der Waals surface area contributed by atoms with E-state index >= 15 is 0 Å². The topological polar surface area (TPSA) is 92.0 Å². The number of nitrogens with one attached hydrogen (secondary N) is 1. The molecule has 3 aromatic rings. The van der Waals surface area contributed by atoms with Gasteiger partial charge in [-0.25, -0.2) is 17.8 Å². The summed E-state index contributed by atoms with van der Waals surface area (Å²) in [7, 11) is -3.45. The predicted octanol–water partition coefficient (Wildman–Crippen LogP) is 3.78. The fourth-order valence-electron chi connectivity index (χ4n) is 3.35. The number of hydrazone groups is 1. The number of anilines is 1. The summed E-state index contributed by atoms with van der Waals surface area (Å²) in [5, 5.41) is 5.66. The van der Waals surface area contributed by atoms with Crippen LogP contribution in [0.1, 0.15) is 34.1 Å². The Hall–Kier alpha value is -3.46. The molecular formula is C21H18FN3O4S. The second-order valence-corrected chi connectivity index (χ2v) is 8.62. The van der Waals surface area contributed by atoms with Crippen LogP contribution < -0.4 is 4.72 Å². The van der Waals surface area contributed by atoms with E-state index in [0.29, 0.717) is 22.5 Å². The molecule has 0 aliphatic carbocycles. The number of sulfonamides is 1. The zero-order chi connectivity index (χ0) is 21.3. The van der Waals surface area contributed by atoms with Crippen molar-refractivity contribution < 1.29 is 22.0 Å². The number of halogens is 1. The first-order chi connectivity index (χ1) is 14.3. The Kier molecular flexibility index (Phi) is 5.13. The molecule has 1 N–H and O–H groups in total. The number of nitrogens with zero attached hydrogens (tertiary/aromatic N) is 2. The molecule has 0 spiro atoms. The standard InChI is InChI=1S/C21H18FN3O4S/c1-30(27,28)24-15-7-4-6-14(12-15)18-13-19(16-8-2-3-9-17(16)22)25(23-18)21(26)20-10-5-11-29-20/h2-12,19,24H,13H2,1H3/t19-/m0/s1. The number of amides is 1. The number of carbonyl (C=O) groups is 1. The van der Waals surface area contributed by atoms with Crippen LogP contribution in [0.5, 0.6) is 0 Å². The summed E-state index contributed by atoms with van der Waals surface area (Å²) in [6.07, 6.45) is 2.70. The highest BCUT2D eigenvalue weighted by Crippen LogP contribution is 2.35. The van der Waals surface area contributed by atoms with Gasteiger partial charge in [0, 0.05) is 17.7 Å². The fraction of sp³-hybridized carbons (Fsp3) is 0.143. The maximum absolute atomic E-state index is 14.5. The molecule has 2 heterocycles. The van der Waals surface area contributed by atoms with Crippen LogP contribution in [0.4, 0.5) is 10.1 Å². The normalized spacial score (nSPS) is 16.4. The number of hydrogen-bond donors (Lipinski definition) is 1. The van der Waals surface area contributed by atoms with Crippen molar-refractivity contribution in [2.75, 3.05) is 11.0 Å². The second-order valence-electron chi connectivity index (χ2n) is 6.87. The van der Waals surface area contributed by atoms with Crippen molar-refractivity contribution in [3.05, 3.63) is 89.6 Å². The predicted molar refractivity (Wildman–Crippen MR) is 110 cm³/mol. The molecule has 1 aliphatic heterocycles. The fourth-order valence-corrected chi connectivity index (χ4v) is 3.90. The molecule has 0 saturated carbocycles. The Labute approximate surface area is 172 Å². The highest BCUT2D eigenvalue weighted by Gasteiger charge is 2.36. The van der Waals surface area contributed by atoms with Crippen molar-refractivity contribution >= 4 is 27.3 Å². The smallest absolute Gasteiger partial charge is 0.310 e. The van der Waals surface area contributed by atoms with E-state index in [1.807, 2.05) is 0 Å². The molecule has 154 valence electrons. The minimum absolute atomic E-state index is 0.0915. The van der Waals surface area contributed by atoms with Gasteiger partial charge in [-0.1, -0.05) is 30.3 Å². The van der Waals surface area contributed by atoms with Crippen LogP contribution in [-0.4, -0.2) is 31.3 Å². The summed E-state index contributed by atoms with van der Waals surface area (Å²) in [6, 6.07) is 15.3. The lowest BCUT2D eigenvalue weighted by molar-refractivity contribution is 0.0676. The molecule has 1 amide bonds. The van der Waals surface area contributed by atoms with Gasteiger partial charge in [0.2, 0.25) is 10.0 Å². The lowest BCUT2D eigenvalue weighted by atomic mass is 9.97. The Balaban J connectivity index is 1.73. The first kappa shape index (κ1) is 19.8. The molecule has 0 saturated heterocycles. The Morgan fingerprint density at radius 3 is 2.67 bits per heavy atom. The number of rotatable bonds is 5. The zero-order valence-electron chi connectivity index (χ0n) is 15.9. The third kappa shape index (κ3) is 4.11. The average molecular weight is 427 g/mol. The molecule has 9 heteroatoms. The summed E-state index contributed by atoms with van der Waals surface area (Å²) >= 11 is 0. The molecule has 1 atom stereocenters. The van der Waals surface area contributed by atoms with Gasteiger partial charge in [-0.2, -0.15) is 5.10 Å². The molecule has 0 fully saturated rings. The molecular weight excluding hydrogens is 409 g/mol. The van der Waals surface area contributed by atoms with Gasteiger partial charge < -0.3 is 4.42 Å². The highest BCUT2D eigenvalue weighted by atomic mass is 32.2. The van der Waals surface area contributed by atoms with E-state index in [9.17, 15) is 17.6 Å². The average Bonchev–Trinajstić information content (AvgIpc) is 3.37. The van der Waals surface area contributed by atoms with Crippen LogP contribution in [0.3, 0.4) is 0 Å². The third-order valence-electron chi connectivity index (χ3n) is 4.61. The van der Waals surface area contributed by atoms with E-state index in [1.54, 1.807) is 48.5 Å². The van der Waals surface area contributed by atoms with Gasteiger partial charge in [0.15, 0.2) is 5.76 Å².